The van der Waals surface area contributed by atoms with E-state index in [9.17, 15) is 4.79 Å². The Morgan fingerprint density at radius 2 is 2.24 bits per heavy atom. The van der Waals surface area contributed by atoms with Gasteiger partial charge in [-0.25, -0.2) is 0 Å². The van der Waals surface area contributed by atoms with E-state index in [0.717, 1.165) is 25.1 Å². The van der Waals surface area contributed by atoms with Crippen molar-refractivity contribution < 1.29 is 4.79 Å². The van der Waals surface area contributed by atoms with Crippen molar-refractivity contribution in [3.8, 4) is 0 Å². The van der Waals surface area contributed by atoms with Crippen LogP contribution >= 0.6 is 11.8 Å². The summed E-state index contributed by atoms with van der Waals surface area (Å²) in [7, 11) is 0. The van der Waals surface area contributed by atoms with Gasteiger partial charge in [-0.3, -0.25) is 4.79 Å². The van der Waals surface area contributed by atoms with E-state index in [1.807, 2.05) is 6.26 Å². The fourth-order valence-corrected chi connectivity index (χ4v) is 3.18. The van der Waals surface area contributed by atoms with Crippen LogP contribution in [0.4, 0.5) is 5.69 Å². The van der Waals surface area contributed by atoms with Crippen LogP contribution in [0.5, 0.6) is 0 Å². The molecule has 1 heterocycles. The molecule has 0 aliphatic carbocycles. The third-order valence-electron chi connectivity index (χ3n) is 4.00. The van der Waals surface area contributed by atoms with Crippen molar-refractivity contribution in [3.63, 3.8) is 0 Å². The molecule has 1 amide bonds. The summed E-state index contributed by atoms with van der Waals surface area (Å²) in [6, 6.07) is 8.38. The Balaban J connectivity index is 1.83. The minimum Gasteiger partial charge on any atom is -0.366 e. The summed E-state index contributed by atoms with van der Waals surface area (Å²) in [6.07, 6.45) is 3.84. The molecule has 4 nitrogen and oxygen atoms in total. The number of nitrogens with zero attached hydrogens (tertiary/aromatic N) is 1. The normalized spacial score (nSPS) is 16.4. The average Bonchev–Trinajstić information content (AvgIpc) is 2.93. The van der Waals surface area contributed by atoms with Crippen molar-refractivity contribution >= 4 is 23.4 Å². The zero-order chi connectivity index (χ0) is 15.2. The molecule has 2 rings (SSSR count). The molecule has 0 spiro atoms. The smallest absolute Gasteiger partial charge is 0.237 e. The van der Waals surface area contributed by atoms with E-state index in [4.69, 9.17) is 5.73 Å². The van der Waals surface area contributed by atoms with Crippen molar-refractivity contribution in [1.82, 2.24) is 5.32 Å². The second-order valence-corrected chi connectivity index (χ2v) is 6.54. The zero-order valence-electron chi connectivity index (χ0n) is 12.8. The molecular weight excluding hydrogens is 282 g/mol. The van der Waals surface area contributed by atoms with Crippen molar-refractivity contribution in [2.45, 2.75) is 31.8 Å². The Bertz CT molecular complexity index is 480. The van der Waals surface area contributed by atoms with Crippen molar-refractivity contribution in [1.29, 1.82) is 0 Å². The molecule has 1 unspecified atom stereocenters. The number of carbonyl (C=O) groups excluding carboxylic acids is 1. The predicted molar refractivity (Wildman–Crippen MR) is 90.9 cm³/mol. The number of anilines is 1. The summed E-state index contributed by atoms with van der Waals surface area (Å²) >= 11 is 1.72. The van der Waals surface area contributed by atoms with Crippen molar-refractivity contribution in [2.24, 2.45) is 5.73 Å². The van der Waals surface area contributed by atoms with Gasteiger partial charge in [0.05, 0.1) is 6.04 Å². The van der Waals surface area contributed by atoms with Crippen molar-refractivity contribution in [3.05, 3.63) is 29.8 Å². The molecule has 0 radical (unpaired) electrons. The summed E-state index contributed by atoms with van der Waals surface area (Å²) in [5.74, 6) is 0.882. The van der Waals surface area contributed by atoms with Crippen LogP contribution in [0.1, 0.15) is 18.9 Å². The first-order valence-corrected chi connectivity index (χ1v) is 8.89. The van der Waals surface area contributed by atoms with E-state index in [1.165, 1.54) is 11.3 Å². The number of nitrogens with two attached hydrogens (primary N) is 1. The number of amides is 1. The second kappa shape index (κ2) is 7.71. The zero-order valence-corrected chi connectivity index (χ0v) is 13.7. The van der Waals surface area contributed by atoms with Crippen LogP contribution in [0.2, 0.25) is 0 Å². The van der Waals surface area contributed by atoms with E-state index in [1.54, 1.807) is 11.8 Å². The summed E-state index contributed by atoms with van der Waals surface area (Å²) in [5.41, 5.74) is 8.57. The second-order valence-electron chi connectivity index (χ2n) is 5.55. The highest BCUT2D eigenvalue weighted by atomic mass is 32.2. The number of carbonyl (C=O) groups is 1. The summed E-state index contributed by atoms with van der Waals surface area (Å²) < 4.78 is 0. The number of thioether (sulfide) groups is 1. The molecule has 0 saturated heterocycles. The quantitative estimate of drug-likeness (QED) is 0.804. The lowest BCUT2D eigenvalue weighted by atomic mass is 10.1. The predicted octanol–water partition coefficient (Wildman–Crippen LogP) is 1.63. The molecule has 0 saturated carbocycles. The van der Waals surface area contributed by atoms with Gasteiger partial charge in [0.15, 0.2) is 0 Å². The maximum Gasteiger partial charge on any atom is 0.237 e. The third kappa shape index (κ3) is 4.14. The third-order valence-corrected chi connectivity index (χ3v) is 4.64. The number of rotatable bonds is 7. The summed E-state index contributed by atoms with van der Waals surface area (Å²) in [4.78, 5) is 14.3. The van der Waals surface area contributed by atoms with Crippen LogP contribution in [-0.4, -0.2) is 43.1 Å². The molecule has 1 aliphatic heterocycles. The molecule has 0 bridgehead atoms. The highest BCUT2D eigenvalue weighted by Gasteiger charge is 2.23. The van der Waals surface area contributed by atoms with Gasteiger partial charge >= 0.3 is 0 Å². The molecule has 3 N–H and O–H groups in total. The van der Waals surface area contributed by atoms with Gasteiger partial charge in [-0.1, -0.05) is 18.2 Å². The lowest BCUT2D eigenvalue weighted by molar-refractivity contribution is -0.122. The van der Waals surface area contributed by atoms with Crippen LogP contribution in [0.3, 0.4) is 0 Å². The minimum atomic E-state index is -0.393. The Kier molecular flexibility index (Phi) is 5.94. The maximum absolute atomic E-state index is 11.9. The number of hydrogen-bond donors (Lipinski definition) is 2. The van der Waals surface area contributed by atoms with Gasteiger partial charge < -0.3 is 16.0 Å². The number of hydrogen-bond acceptors (Lipinski definition) is 4. The van der Waals surface area contributed by atoms with Crippen LogP contribution in [0.25, 0.3) is 0 Å². The first-order valence-electron chi connectivity index (χ1n) is 7.50. The molecule has 1 aromatic carbocycles. The lowest BCUT2D eigenvalue weighted by Crippen LogP contribution is -2.47. The topological polar surface area (TPSA) is 58.4 Å². The van der Waals surface area contributed by atoms with Crippen LogP contribution in [-0.2, 0) is 11.2 Å². The molecule has 5 heteroatoms. The molecule has 1 aliphatic rings. The number of fused-ring (bicyclic) bond motifs is 1. The Labute approximate surface area is 131 Å². The molecule has 0 fully saturated rings. The van der Waals surface area contributed by atoms with Crippen LogP contribution < -0.4 is 16.0 Å². The molecule has 116 valence electrons. The standard InChI is InChI=1S/C16H25N3OS/c1-12(11-18-16(20)14(17)8-10-21-2)19-9-7-13-5-3-4-6-15(13)19/h3-6,12,14H,7-11,17H2,1-2H3,(H,18,20)/t12?,14-/m0/s1. The van der Waals surface area contributed by atoms with E-state index in [-0.39, 0.29) is 11.9 Å². The number of nitrogens with one attached hydrogen (secondary N) is 1. The van der Waals surface area contributed by atoms with Crippen LogP contribution in [0.15, 0.2) is 24.3 Å². The highest BCUT2D eigenvalue weighted by molar-refractivity contribution is 7.98. The van der Waals surface area contributed by atoms with Gasteiger partial charge in [0.25, 0.3) is 0 Å². The van der Waals surface area contributed by atoms with Gasteiger partial charge in [-0.2, -0.15) is 11.8 Å². The average molecular weight is 307 g/mol. The summed E-state index contributed by atoms with van der Waals surface area (Å²) in [6.45, 7) is 3.81. The Morgan fingerprint density at radius 3 is 3.00 bits per heavy atom. The number of para-hydroxylation sites is 1. The van der Waals surface area contributed by atoms with Gasteiger partial charge in [0.2, 0.25) is 5.91 Å². The minimum absolute atomic E-state index is 0.0385. The maximum atomic E-state index is 11.9. The van der Waals surface area contributed by atoms with Crippen molar-refractivity contribution in [2.75, 3.05) is 30.0 Å². The van der Waals surface area contributed by atoms with Gasteiger partial charge in [0, 0.05) is 24.8 Å². The van der Waals surface area contributed by atoms with Gasteiger partial charge in [-0.15, -0.1) is 0 Å². The number of benzene rings is 1. The Morgan fingerprint density at radius 1 is 1.48 bits per heavy atom. The molecule has 1 aromatic rings. The molecular formula is C16H25N3OS. The summed E-state index contributed by atoms with van der Waals surface area (Å²) in [5, 5.41) is 2.98. The first kappa shape index (κ1) is 16.2. The van der Waals surface area contributed by atoms with E-state index < -0.39 is 6.04 Å². The Hall–Kier alpha value is -1.20. The SMILES string of the molecule is CSCC[C@H](N)C(=O)NCC(C)N1CCc2ccccc21. The first-order chi connectivity index (χ1) is 10.1. The molecule has 0 aromatic heterocycles. The monoisotopic (exact) mass is 307 g/mol. The molecule has 21 heavy (non-hydrogen) atoms. The highest BCUT2D eigenvalue weighted by Crippen LogP contribution is 2.28. The fourth-order valence-electron chi connectivity index (χ4n) is 2.69. The van der Waals surface area contributed by atoms with E-state index in [0.29, 0.717) is 6.54 Å². The lowest BCUT2D eigenvalue weighted by Gasteiger charge is -2.28. The van der Waals surface area contributed by atoms with Gasteiger partial charge in [-0.05, 0) is 43.4 Å². The largest absolute Gasteiger partial charge is 0.366 e. The van der Waals surface area contributed by atoms with Gasteiger partial charge in [0.1, 0.15) is 0 Å². The van der Waals surface area contributed by atoms with Crippen LogP contribution in [0, 0.1) is 0 Å². The van der Waals surface area contributed by atoms with E-state index >= 15 is 0 Å². The van der Waals surface area contributed by atoms with E-state index in [2.05, 4.69) is 41.4 Å². The fraction of sp³-hybridized carbons (Fsp3) is 0.562. The molecule has 2 atom stereocenters.